The molecule has 0 aliphatic carbocycles. The zero-order valence-corrected chi connectivity index (χ0v) is 10.1. The molecule has 1 N–H and O–H groups in total. The van der Waals surface area contributed by atoms with Crippen LogP contribution in [-0.2, 0) is 0 Å². The van der Waals surface area contributed by atoms with Gasteiger partial charge in [0.25, 0.3) is 0 Å². The maximum absolute atomic E-state index is 10.8. The van der Waals surface area contributed by atoms with Crippen molar-refractivity contribution in [2.24, 2.45) is 0 Å². The minimum atomic E-state index is 0.643. The van der Waals surface area contributed by atoms with Gasteiger partial charge in [0, 0.05) is 23.3 Å². The van der Waals surface area contributed by atoms with Gasteiger partial charge < -0.3 is 0 Å². The highest BCUT2D eigenvalue weighted by Crippen LogP contribution is 2.19. The number of hydrogen-bond acceptors (Lipinski definition) is 3. The Morgan fingerprint density at radius 1 is 1.11 bits per heavy atom. The van der Waals surface area contributed by atoms with E-state index >= 15 is 0 Å². The number of aromatic amines is 1. The molecule has 2 aromatic heterocycles. The van der Waals surface area contributed by atoms with Crippen molar-refractivity contribution in [2.75, 3.05) is 0 Å². The summed E-state index contributed by atoms with van der Waals surface area (Å²) in [5.74, 6) is 0. The van der Waals surface area contributed by atoms with Gasteiger partial charge in [0.05, 0.1) is 11.2 Å². The zero-order valence-electron chi connectivity index (χ0n) is 10.1. The predicted octanol–water partition coefficient (Wildman–Crippen LogP) is 2.94. The third-order valence-electron chi connectivity index (χ3n) is 2.87. The van der Waals surface area contributed by atoms with E-state index in [1.54, 1.807) is 18.5 Å². The molecule has 0 aliphatic rings. The van der Waals surface area contributed by atoms with Gasteiger partial charge in [0.1, 0.15) is 6.29 Å². The number of carbonyl (C=O) groups excluding carboxylic acids is 1. The summed E-state index contributed by atoms with van der Waals surface area (Å²) in [7, 11) is 0. The summed E-state index contributed by atoms with van der Waals surface area (Å²) < 4.78 is 0. The molecule has 0 atom stereocenters. The second-order valence-electron chi connectivity index (χ2n) is 4.15. The molecule has 0 saturated carbocycles. The van der Waals surface area contributed by atoms with E-state index in [9.17, 15) is 4.79 Å². The van der Waals surface area contributed by atoms with E-state index in [2.05, 4.69) is 15.2 Å². The van der Waals surface area contributed by atoms with Gasteiger partial charge in [0.15, 0.2) is 0 Å². The molecular formula is C15H11N3O. The Morgan fingerprint density at radius 3 is 2.84 bits per heavy atom. The summed E-state index contributed by atoms with van der Waals surface area (Å²) in [6.45, 7) is 0. The molecule has 0 amide bonds. The van der Waals surface area contributed by atoms with Crippen LogP contribution in [0.1, 0.15) is 21.6 Å². The standard InChI is InChI=1S/C15H11N3O/c19-10-12-4-6-15-13(8-12)14(17-18-15)5-3-11-2-1-7-16-9-11/h1-10H,(H,17,18). The van der Waals surface area contributed by atoms with Crippen LogP contribution in [-0.4, -0.2) is 21.5 Å². The summed E-state index contributed by atoms with van der Waals surface area (Å²) in [4.78, 5) is 14.9. The molecule has 0 saturated heterocycles. The Kier molecular flexibility index (Phi) is 2.90. The van der Waals surface area contributed by atoms with E-state index in [1.165, 1.54) is 0 Å². The summed E-state index contributed by atoms with van der Waals surface area (Å²) in [6.07, 6.45) is 8.24. The fraction of sp³-hybridized carbons (Fsp3) is 0. The van der Waals surface area contributed by atoms with Gasteiger partial charge in [0.2, 0.25) is 0 Å². The number of aromatic nitrogens is 3. The highest BCUT2D eigenvalue weighted by atomic mass is 16.1. The van der Waals surface area contributed by atoms with E-state index in [1.807, 2.05) is 36.4 Å². The van der Waals surface area contributed by atoms with Gasteiger partial charge in [-0.1, -0.05) is 12.1 Å². The summed E-state index contributed by atoms with van der Waals surface area (Å²) in [6, 6.07) is 9.27. The molecule has 4 nitrogen and oxygen atoms in total. The first-order valence-electron chi connectivity index (χ1n) is 5.88. The van der Waals surface area contributed by atoms with Gasteiger partial charge in [-0.05, 0) is 35.9 Å². The zero-order chi connectivity index (χ0) is 13.1. The number of rotatable bonds is 3. The van der Waals surface area contributed by atoms with Crippen LogP contribution in [0.5, 0.6) is 0 Å². The number of nitrogens with one attached hydrogen (secondary N) is 1. The second-order valence-corrected chi connectivity index (χ2v) is 4.15. The molecule has 0 bridgehead atoms. The molecule has 19 heavy (non-hydrogen) atoms. The quantitative estimate of drug-likeness (QED) is 0.726. The summed E-state index contributed by atoms with van der Waals surface area (Å²) in [5, 5.41) is 8.10. The fourth-order valence-corrected chi connectivity index (χ4v) is 1.90. The molecule has 0 unspecified atom stereocenters. The highest BCUT2D eigenvalue weighted by molar-refractivity contribution is 5.93. The molecule has 1 aromatic carbocycles. The van der Waals surface area contributed by atoms with Crippen molar-refractivity contribution in [3.8, 4) is 0 Å². The molecule has 3 aromatic rings. The molecule has 0 aliphatic heterocycles. The molecule has 3 rings (SSSR count). The first-order valence-corrected chi connectivity index (χ1v) is 5.88. The van der Waals surface area contributed by atoms with E-state index in [4.69, 9.17) is 0 Å². The number of aldehydes is 1. The van der Waals surface area contributed by atoms with Crippen LogP contribution in [0, 0.1) is 0 Å². The van der Waals surface area contributed by atoms with Crippen molar-refractivity contribution in [3.05, 3.63) is 59.5 Å². The van der Waals surface area contributed by atoms with Crippen LogP contribution in [0.4, 0.5) is 0 Å². The lowest BCUT2D eigenvalue weighted by molar-refractivity contribution is 0.112. The van der Waals surface area contributed by atoms with Gasteiger partial charge in [-0.25, -0.2) is 0 Å². The van der Waals surface area contributed by atoms with Crippen molar-refractivity contribution >= 4 is 29.3 Å². The monoisotopic (exact) mass is 249 g/mol. The first kappa shape index (κ1) is 11.3. The molecule has 0 radical (unpaired) electrons. The number of nitrogens with zero attached hydrogens (tertiary/aromatic N) is 2. The molecule has 0 spiro atoms. The van der Waals surface area contributed by atoms with Crippen molar-refractivity contribution in [2.45, 2.75) is 0 Å². The van der Waals surface area contributed by atoms with Crippen LogP contribution < -0.4 is 0 Å². The Bertz CT molecular complexity index is 744. The highest BCUT2D eigenvalue weighted by Gasteiger charge is 2.03. The number of benzene rings is 1. The van der Waals surface area contributed by atoms with Crippen LogP contribution in [0.2, 0.25) is 0 Å². The number of fused-ring (bicyclic) bond motifs is 1. The average molecular weight is 249 g/mol. The van der Waals surface area contributed by atoms with Crippen LogP contribution in [0.15, 0.2) is 42.7 Å². The first-order chi connectivity index (χ1) is 9.36. The third kappa shape index (κ3) is 2.28. The summed E-state index contributed by atoms with van der Waals surface area (Å²) >= 11 is 0. The van der Waals surface area contributed by atoms with Crippen LogP contribution in [0.3, 0.4) is 0 Å². The lowest BCUT2D eigenvalue weighted by Crippen LogP contribution is -1.79. The smallest absolute Gasteiger partial charge is 0.150 e. The van der Waals surface area contributed by atoms with Crippen molar-refractivity contribution in [1.29, 1.82) is 0 Å². The topological polar surface area (TPSA) is 58.6 Å². The number of H-pyrrole nitrogens is 1. The number of pyridine rings is 1. The summed E-state index contributed by atoms with van der Waals surface area (Å²) in [5.41, 5.74) is 3.38. The Morgan fingerprint density at radius 2 is 2.05 bits per heavy atom. The van der Waals surface area contributed by atoms with E-state index in [-0.39, 0.29) is 0 Å². The lowest BCUT2D eigenvalue weighted by Gasteiger charge is -1.93. The van der Waals surface area contributed by atoms with Crippen LogP contribution >= 0.6 is 0 Å². The predicted molar refractivity (Wildman–Crippen MR) is 74.6 cm³/mol. The normalized spacial score (nSPS) is 11.2. The molecule has 4 heteroatoms. The van der Waals surface area contributed by atoms with E-state index in [0.717, 1.165) is 28.4 Å². The van der Waals surface area contributed by atoms with Crippen molar-refractivity contribution < 1.29 is 4.79 Å². The lowest BCUT2D eigenvalue weighted by atomic mass is 10.1. The third-order valence-corrected chi connectivity index (χ3v) is 2.87. The van der Waals surface area contributed by atoms with E-state index < -0.39 is 0 Å². The van der Waals surface area contributed by atoms with Gasteiger partial charge in [-0.15, -0.1) is 0 Å². The largest absolute Gasteiger partial charge is 0.298 e. The van der Waals surface area contributed by atoms with Crippen LogP contribution in [0.25, 0.3) is 23.1 Å². The molecule has 92 valence electrons. The fourth-order valence-electron chi connectivity index (χ4n) is 1.90. The minimum Gasteiger partial charge on any atom is -0.298 e. The van der Waals surface area contributed by atoms with E-state index in [0.29, 0.717) is 5.56 Å². The maximum Gasteiger partial charge on any atom is 0.150 e. The molecule has 0 fully saturated rings. The van der Waals surface area contributed by atoms with Crippen molar-refractivity contribution in [1.82, 2.24) is 15.2 Å². The van der Waals surface area contributed by atoms with Gasteiger partial charge >= 0.3 is 0 Å². The van der Waals surface area contributed by atoms with Gasteiger partial charge in [-0.2, -0.15) is 5.10 Å². The minimum absolute atomic E-state index is 0.643. The molecule has 2 heterocycles. The number of hydrogen-bond donors (Lipinski definition) is 1. The Balaban J connectivity index is 2.01. The SMILES string of the molecule is O=Cc1ccc2n[nH]c(C=Cc3cccnc3)c2c1. The maximum atomic E-state index is 10.8. The number of carbonyl (C=O) groups is 1. The second kappa shape index (κ2) is 4.86. The van der Waals surface area contributed by atoms with Crippen molar-refractivity contribution in [3.63, 3.8) is 0 Å². The van der Waals surface area contributed by atoms with Gasteiger partial charge in [-0.3, -0.25) is 14.9 Å². The Hall–Kier alpha value is -2.75. The average Bonchev–Trinajstić information content (AvgIpc) is 2.88. The molecular weight excluding hydrogens is 238 g/mol. The Labute approximate surface area is 109 Å².